The summed E-state index contributed by atoms with van der Waals surface area (Å²) in [7, 11) is -2.41. The van der Waals surface area contributed by atoms with Gasteiger partial charge in [0.1, 0.15) is 0 Å². The Morgan fingerprint density at radius 3 is 1.86 bits per heavy atom. The Bertz CT molecular complexity index is 499. The van der Waals surface area contributed by atoms with Gasteiger partial charge in [-0.15, -0.1) is 0 Å². The van der Waals surface area contributed by atoms with Crippen LogP contribution < -0.4 is 4.43 Å². The summed E-state index contributed by atoms with van der Waals surface area (Å²) in [4.78, 5) is 0. The number of halogens is 4. The van der Waals surface area contributed by atoms with Gasteiger partial charge in [-0.2, -0.15) is 0 Å². The van der Waals surface area contributed by atoms with Crippen molar-refractivity contribution in [2.24, 2.45) is 0 Å². The molecule has 0 amide bonds. The highest BCUT2D eigenvalue weighted by molar-refractivity contribution is 14.1. The van der Waals surface area contributed by atoms with E-state index in [-0.39, 0.29) is 27.4 Å². The number of benzene rings is 1. The highest BCUT2D eigenvalue weighted by atomic mass is 127. The number of rotatable bonds is 5. The van der Waals surface area contributed by atoms with Crippen molar-refractivity contribution < 1.29 is 13.2 Å². The largest absolute Gasteiger partial charge is 0.539 e. The van der Waals surface area contributed by atoms with Gasteiger partial charge in [0.2, 0.25) is 0 Å². The van der Waals surface area contributed by atoms with Crippen LogP contribution in [0.5, 0.6) is 5.75 Å². The molecule has 1 rings (SSSR count). The Morgan fingerprint density at radius 1 is 1.05 bits per heavy atom. The molecule has 0 aliphatic rings. The van der Waals surface area contributed by atoms with Crippen LogP contribution >= 0.6 is 34.2 Å². The molecule has 0 radical (unpaired) electrons. The molecular weight excluding hydrogens is 425 g/mol. The molecule has 0 aromatic heterocycles. The molecule has 0 unspecified atom stereocenters. The van der Waals surface area contributed by atoms with Crippen molar-refractivity contribution in [1.29, 1.82) is 0 Å². The summed E-state index contributed by atoms with van der Waals surface area (Å²) in [5.41, 5.74) is 0.693. The lowest BCUT2D eigenvalue weighted by atomic mass is 10.3. The van der Waals surface area contributed by atoms with Crippen LogP contribution in [0.4, 0.5) is 8.78 Å². The average molecular weight is 447 g/mol. The Kier molecular flexibility index (Phi) is 6.50. The van der Waals surface area contributed by atoms with Gasteiger partial charge in [-0.25, -0.2) is 8.78 Å². The first-order valence-electron chi connectivity index (χ1n) is 7.07. The van der Waals surface area contributed by atoms with E-state index in [1.807, 2.05) is 22.6 Å². The molecule has 0 spiro atoms. The minimum absolute atomic E-state index is 0.0776. The zero-order valence-corrected chi connectivity index (χ0v) is 17.1. The molecule has 1 aromatic carbocycles. The molecule has 120 valence electrons. The SMILES string of the molecule is CC(C)[Si](Oc1c(F)cc(I)c(Cl)c1F)(C(C)C)C(C)C. The van der Waals surface area contributed by atoms with E-state index < -0.39 is 20.0 Å². The highest BCUT2D eigenvalue weighted by Gasteiger charge is 2.48. The first-order chi connectivity index (χ1) is 9.55. The third-order valence-corrected chi connectivity index (χ3v) is 11.6. The molecule has 0 saturated carbocycles. The van der Waals surface area contributed by atoms with Gasteiger partial charge in [0, 0.05) is 3.57 Å². The first-order valence-corrected chi connectivity index (χ1v) is 10.7. The van der Waals surface area contributed by atoms with E-state index in [1.54, 1.807) is 0 Å². The molecule has 0 bridgehead atoms. The van der Waals surface area contributed by atoms with Crippen LogP contribution in [0.25, 0.3) is 0 Å². The Morgan fingerprint density at radius 2 is 1.48 bits per heavy atom. The summed E-state index contributed by atoms with van der Waals surface area (Å²) in [5, 5.41) is -0.0776. The van der Waals surface area contributed by atoms with E-state index in [0.29, 0.717) is 3.57 Å². The lowest BCUT2D eigenvalue weighted by molar-refractivity contribution is 0.414. The molecule has 21 heavy (non-hydrogen) atoms. The van der Waals surface area contributed by atoms with E-state index >= 15 is 0 Å². The number of hydrogen-bond donors (Lipinski definition) is 0. The lowest BCUT2D eigenvalue weighted by Crippen LogP contribution is -2.51. The van der Waals surface area contributed by atoms with Crippen LogP contribution in [0.1, 0.15) is 41.5 Å². The van der Waals surface area contributed by atoms with E-state index in [4.69, 9.17) is 16.0 Å². The van der Waals surface area contributed by atoms with Crippen LogP contribution in [-0.2, 0) is 0 Å². The fourth-order valence-electron chi connectivity index (χ4n) is 3.17. The summed E-state index contributed by atoms with van der Waals surface area (Å²) < 4.78 is 35.0. The second-order valence-electron chi connectivity index (χ2n) is 6.22. The van der Waals surface area contributed by atoms with Crippen molar-refractivity contribution in [3.05, 3.63) is 26.3 Å². The van der Waals surface area contributed by atoms with Crippen molar-refractivity contribution >= 4 is 42.5 Å². The van der Waals surface area contributed by atoms with E-state index in [0.717, 1.165) is 0 Å². The summed E-state index contributed by atoms with van der Waals surface area (Å²) in [5.74, 6) is -1.79. The van der Waals surface area contributed by atoms with Crippen molar-refractivity contribution in [1.82, 2.24) is 0 Å². The highest BCUT2D eigenvalue weighted by Crippen LogP contribution is 2.44. The van der Waals surface area contributed by atoms with Gasteiger partial charge >= 0.3 is 0 Å². The Labute approximate surface area is 145 Å². The van der Waals surface area contributed by atoms with Gasteiger partial charge < -0.3 is 4.43 Å². The Hall–Kier alpha value is 0.117. The molecular formula is C15H22ClF2IOSi. The van der Waals surface area contributed by atoms with Gasteiger partial charge in [0.05, 0.1) is 5.02 Å². The fourth-order valence-corrected chi connectivity index (χ4v) is 9.07. The van der Waals surface area contributed by atoms with E-state index in [9.17, 15) is 8.78 Å². The summed E-state index contributed by atoms with van der Waals surface area (Å²) in [6.45, 7) is 12.4. The van der Waals surface area contributed by atoms with E-state index in [2.05, 4.69) is 41.5 Å². The second-order valence-corrected chi connectivity index (χ2v) is 13.1. The van der Waals surface area contributed by atoms with Crippen LogP contribution in [0.15, 0.2) is 6.07 Å². The van der Waals surface area contributed by atoms with Crippen LogP contribution in [0, 0.1) is 15.2 Å². The van der Waals surface area contributed by atoms with E-state index in [1.165, 1.54) is 6.07 Å². The second kappa shape index (κ2) is 7.13. The summed E-state index contributed by atoms with van der Waals surface area (Å²) in [6, 6.07) is 1.22. The fraction of sp³-hybridized carbons (Fsp3) is 0.600. The predicted molar refractivity (Wildman–Crippen MR) is 95.8 cm³/mol. The third-order valence-electron chi connectivity index (χ3n) is 4.06. The van der Waals surface area contributed by atoms with Gasteiger partial charge in [-0.1, -0.05) is 53.1 Å². The smallest absolute Gasteiger partial charge is 0.259 e. The summed E-state index contributed by atoms with van der Waals surface area (Å²) in [6.07, 6.45) is 0. The van der Waals surface area contributed by atoms with Crippen LogP contribution in [0.2, 0.25) is 21.6 Å². The number of hydrogen-bond acceptors (Lipinski definition) is 1. The zero-order valence-electron chi connectivity index (χ0n) is 13.2. The topological polar surface area (TPSA) is 9.23 Å². The average Bonchev–Trinajstić information content (AvgIpc) is 2.35. The molecule has 1 aromatic rings. The third kappa shape index (κ3) is 3.55. The molecule has 0 aliphatic carbocycles. The van der Waals surface area contributed by atoms with Gasteiger partial charge in [0.25, 0.3) is 8.32 Å². The first kappa shape index (κ1) is 19.2. The zero-order chi connectivity index (χ0) is 16.5. The monoisotopic (exact) mass is 446 g/mol. The Balaban J connectivity index is 3.45. The normalized spacial score (nSPS) is 12.6. The van der Waals surface area contributed by atoms with Crippen molar-refractivity contribution in [2.45, 2.75) is 58.2 Å². The molecule has 1 nitrogen and oxygen atoms in total. The molecule has 6 heteroatoms. The van der Waals surface area contributed by atoms with Crippen LogP contribution in [0.3, 0.4) is 0 Å². The minimum Gasteiger partial charge on any atom is -0.539 e. The molecule has 0 saturated heterocycles. The molecule has 0 N–H and O–H groups in total. The standard InChI is InChI=1S/C15H22ClF2IOSi/c1-8(2)21(9(3)4,10(5)6)20-15-11(17)7-12(19)13(16)14(15)18/h7-10H,1-6H3. The molecule has 0 fully saturated rings. The lowest BCUT2D eigenvalue weighted by Gasteiger charge is -2.42. The maximum atomic E-state index is 14.4. The summed E-state index contributed by atoms with van der Waals surface area (Å²) >= 11 is 7.72. The maximum absolute atomic E-state index is 14.4. The van der Waals surface area contributed by atoms with Gasteiger partial charge in [-0.05, 0) is 45.3 Å². The molecule has 0 atom stereocenters. The van der Waals surface area contributed by atoms with Crippen molar-refractivity contribution in [3.8, 4) is 5.75 Å². The molecule has 0 heterocycles. The predicted octanol–water partition coefficient (Wildman–Crippen LogP) is 6.78. The maximum Gasteiger partial charge on any atom is 0.259 e. The minimum atomic E-state index is -2.41. The van der Waals surface area contributed by atoms with Crippen LogP contribution in [-0.4, -0.2) is 8.32 Å². The molecule has 0 aliphatic heterocycles. The quantitative estimate of drug-likeness (QED) is 0.210. The van der Waals surface area contributed by atoms with Gasteiger partial charge in [0.15, 0.2) is 17.4 Å². The van der Waals surface area contributed by atoms with Crippen molar-refractivity contribution in [2.75, 3.05) is 0 Å². The van der Waals surface area contributed by atoms with Gasteiger partial charge in [-0.3, -0.25) is 0 Å². The van der Waals surface area contributed by atoms with Crippen molar-refractivity contribution in [3.63, 3.8) is 0 Å².